The molecule has 0 aromatic rings. The molecule has 0 saturated heterocycles. The molecule has 0 amide bonds. The zero-order chi connectivity index (χ0) is 50.7. The highest BCUT2D eigenvalue weighted by atomic mass is 19.1. The Kier molecular flexibility index (Phi) is 13.0. The van der Waals surface area contributed by atoms with Crippen molar-refractivity contribution in [2.75, 3.05) is 0 Å². The van der Waals surface area contributed by atoms with Gasteiger partial charge in [-0.3, -0.25) is 0 Å². The van der Waals surface area contributed by atoms with Crippen molar-refractivity contribution in [2.24, 2.45) is 47.3 Å². The molecule has 76 heavy (non-hydrogen) atoms. The highest BCUT2D eigenvalue weighted by molar-refractivity contribution is 5.63. The second-order valence-corrected chi connectivity index (χ2v) is 24.1. The fourth-order valence-corrected chi connectivity index (χ4v) is 15.9. The summed E-state index contributed by atoms with van der Waals surface area (Å²) in [6.45, 7) is 0. The van der Waals surface area contributed by atoms with Crippen molar-refractivity contribution in [3.8, 4) is 0 Å². The molecule has 14 aliphatic rings. The van der Waals surface area contributed by atoms with E-state index < -0.39 is 12.3 Å². The van der Waals surface area contributed by atoms with Crippen LogP contribution in [0.25, 0.3) is 0 Å². The first-order chi connectivity index (χ1) is 37.5. The Labute approximate surface area is 451 Å². The summed E-state index contributed by atoms with van der Waals surface area (Å²) in [6, 6.07) is 0.157. The van der Waals surface area contributed by atoms with Gasteiger partial charge in [0.15, 0.2) is 0 Å². The molecule has 0 bridgehead atoms. The molecule has 0 spiro atoms. The number of hydrogen-bond acceptors (Lipinski definition) is 2. The van der Waals surface area contributed by atoms with Crippen LogP contribution in [-0.2, 0) is 0 Å². The van der Waals surface area contributed by atoms with E-state index in [0.717, 1.165) is 81.8 Å². The van der Waals surface area contributed by atoms with Crippen LogP contribution >= 0.6 is 0 Å². The Balaban J connectivity index is 0.895. The van der Waals surface area contributed by atoms with E-state index >= 15 is 0 Å². The van der Waals surface area contributed by atoms with Crippen LogP contribution in [-0.4, -0.2) is 28.2 Å². The Morgan fingerprint density at radius 1 is 0.447 bits per heavy atom. The molecule has 0 aliphatic heterocycles. The van der Waals surface area contributed by atoms with Crippen molar-refractivity contribution in [1.29, 1.82) is 0 Å². The number of nitrogens with zero attached hydrogens (tertiary/aromatic N) is 2. The van der Waals surface area contributed by atoms with Gasteiger partial charge in [-0.1, -0.05) is 140 Å². The maximum atomic E-state index is 14.7. The molecule has 14 aliphatic carbocycles. The topological polar surface area (TPSA) is 6.48 Å². The van der Waals surface area contributed by atoms with Gasteiger partial charge in [0.05, 0.1) is 6.04 Å². The molecule has 4 heteroatoms. The number of rotatable bonds is 10. The maximum absolute atomic E-state index is 14.7. The summed E-state index contributed by atoms with van der Waals surface area (Å²) in [6.07, 6.45) is 83.4. The van der Waals surface area contributed by atoms with Gasteiger partial charge < -0.3 is 9.80 Å². The second kappa shape index (κ2) is 20.6. The van der Waals surface area contributed by atoms with E-state index in [1.807, 2.05) is 12.2 Å². The summed E-state index contributed by atoms with van der Waals surface area (Å²) in [5.41, 5.74) is 21.2. The second-order valence-electron chi connectivity index (χ2n) is 24.1. The third-order valence-electron chi connectivity index (χ3n) is 19.7. The van der Waals surface area contributed by atoms with Crippen LogP contribution in [0.5, 0.6) is 0 Å². The van der Waals surface area contributed by atoms with Gasteiger partial charge in [-0.05, 0) is 230 Å². The largest absolute Gasteiger partial charge is 0.337 e. The summed E-state index contributed by atoms with van der Waals surface area (Å²) in [5.74, 6) is 3.36. The van der Waals surface area contributed by atoms with Crippen molar-refractivity contribution in [3.05, 3.63) is 260 Å². The van der Waals surface area contributed by atoms with E-state index in [1.54, 1.807) is 34.4 Å². The SMILES string of the molecule is FC1C=CC(C2=CC(C3C=CC=CC3)CC(N(C3=CCC4CCC5C6=C(C=CC5N(C5=CC(C7=CCC(F)C=C7)=CC(C7C=CC=CC7)C5)C5=C7C=CCCC7CC=C5)CCC3=C64)C3=C4C=CCCC4CC=C3)=C2)=CC1. The Bertz CT molecular complexity index is 3170. The fourth-order valence-electron chi connectivity index (χ4n) is 15.9. The molecule has 0 N–H and O–H groups in total. The molecule has 11 unspecified atom stereocenters. The van der Waals surface area contributed by atoms with Gasteiger partial charge in [0.1, 0.15) is 12.3 Å². The number of fused-ring (bicyclic) bond motifs is 2. The standard InChI is InChI=1S/C72H74F2N2/c73-59-33-25-49(26-34-59)57-41-55(47-13-3-1-4-14-47)43-61(45-57)75(67-23-11-19-51-17-7-9-21-63(51)67)69-39-31-53-30-38-66-70(40-32-54-29-37-65(69)71(53)72(54)66)76(68-24-12-20-52-18-8-10-22-64(52)68)62-44-56(48-15-5-2-6-16-48)42-58(46-62)50-27-35-60(74)36-28-50/h1-6,9-13,15,21-28,31,33,35,39-42,45-48,51-52,54-56,59-60,65,69H,7-8,14,16-20,29-30,32,34,36-38,43-44H2. The quantitative estimate of drug-likeness (QED) is 0.215. The van der Waals surface area contributed by atoms with Gasteiger partial charge in [-0.25, -0.2) is 8.78 Å². The molecule has 386 valence electrons. The number of hydrogen-bond donors (Lipinski definition) is 0. The van der Waals surface area contributed by atoms with Gasteiger partial charge in [0.25, 0.3) is 0 Å². The highest BCUT2D eigenvalue weighted by Crippen LogP contribution is 2.57. The molecule has 11 atom stereocenters. The average molecular weight is 1010 g/mol. The van der Waals surface area contributed by atoms with Crippen LogP contribution < -0.4 is 0 Å². The lowest BCUT2D eigenvalue weighted by atomic mass is 9.61. The summed E-state index contributed by atoms with van der Waals surface area (Å²) in [4.78, 5) is 5.64. The first kappa shape index (κ1) is 48.1. The van der Waals surface area contributed by atoms with E-state index in [1.165, 1.54) is 76.5 Å². The van der Waals surface area contributed by atoms with Crippen LogP contribution in [0, 0.1) is 47.3 Å². The van der Waals surface area contributed by atoms with Crippen molar-refractivity contribution in [1.82, 2.24) is 9.80 Å². The maximum Gasteiger partial charge on any atom is 0.122 e. The molecule has 1 fully saturated rings. The fraction of sp³-hybridized carbons (Fsp3) is 0.389. The first-order valence-corrected chi connectivity index (χ1v) is 29.6. The summed E-state index contributed by atoms with van der Waals surface area (Å²) in [5, 5.41) is 0. The predicted octanol–water partition coefficient (Wildman–Crippen LogP) is 18.0. The highest BCUT2D eigenvalue weighted by Gasteiger charge is 2.47. The lowest BCUT2D eigenvalue weighted by Crippen LogP contribution is -2.45. The van der Waals surface area contributed by atoms with E-state index in [4.69, 9.17) is 0 Å². The third-order valence-corrected chi connectivity index (χ3v) is 19.7. The van der Waals surface area contributed by atoms with Crippen LogP contribution in [0.4, 0.5) is 8.78 Å². The third kappa shape index (κ3) is 8.94. The number of allylic oxidation sites excluding steroid dienone is 39. The normalized spacial score (nSPS) is 34.8. The molecule has 0 radical (unpaired) electrons. The van der Waals surface area contributed by atoms with Gasteiger partial charge in [-0.2, -0.15) is 0 Å². The van der Waals surface area contributed by atoms with Gasteiger partial charge >= 0.3 is 0 Å². The molecular weight excluding hydrogens is 931 g/mol. The molecule has 14 rings (SSSR count). The Morgan fingerprint density at radius 3 is 1.71 bits per heavy atom. The smallest absolute Gasteiger partial charge is 0.122 e. The molecule has 1 saturated carbocycles. The van der Waals surface area contributed by atoms with Crippen LogP contribution in [0.1, 0.15) is 109 Å². The zero-order valence-electron chi connectivity index (χ0n) is 44.3. The van der Waals surface area contributed by atoms with Gasteiger partial charge in [0.2, 0.25) is 0 Å². The predicted molar refractivity (Wildman–Crippen MR) is 309 cm³/mol. The molecule has 2 nitrogen and oxygen atoms in total. The Hall–Kier alpha value is -6.26. The minimum atomic E-state index is -0.924. The van der Waals surface area contributed by atoms with Crippen molar-refractivity contribution >= 4 is 0 Å². The van der Waals surface area contributed by atoms with Crippen molar-refractivity contribution < 1.29 is 8.78 Å². The van der Waals surface area contributed by atoms with E-state index in [0.29, 0.717) is 60.2 Å². The van der Waals surface area contributed by atoms with Gasteiger partial charge in [-0.15, -0.1) is 0 Å². The Morgan fingerprint density at radius 2 is 1.08 bits per heavy atom. The van der Waals surface area contributed by atoms with Gasteiger partial charge in [0, 0.05) is 47.2 Å². The molecule has 0 aromatic heterocycles. The van der Waals surface area contributed by atoms with Crippen LogP contribution in [0.15, 0.2) is 260 Å². The van der Waals surface area contributed by atoms with E-state index in [2.05, 4.69) is 162 Å². The summed E-state index contributed by atoms with van der Waals surface area (Å²) in [7, 11) is 0. The van der Waals surface area contributed by atoms with Crippen LogP contribution in [0.2, 0.25) is 0 Å². The number of alkyl halides is 2. The lowest BCUT2D eigenvalue weighted by Gasteiger charge is -2.51. The molecular formula is C72H74F2N2. The molecule has 0 aromatic carbocycles. The van der Waals surface area contributed by atoms with Crippen molar-refractivity contribution in [3.63, 3.8) is 0 Å². The minimum Gasteiger partial charge on any atom is -0.337 e. The average Bonchev–Trinajstić information content (AvgIpc) is 3.63. The monoisotopic (exact) mass is 1000 g/mol. The number of halogens is 2. The zero-order valence-corrected chi connectivity index (χ0v) is 44.3. The summed E-state index contributed by atoms with van der Waals surface area (Å²) < 4.78 is 29.4. The first-order valence-electron chi connectivity index (χ1n) is 29.6. The molecule has 0 heterocycles. The minimum absolute atomic E-state index is 0.157. The summed E-state index contributed by atoms with van der Waals surface area (Å²) >= 11 is 0. The van der Waals surface area contributed by atoms with E-state index in [9.17, 15) is 8.78 Å². The lowest BCUT2D eigenvalue weighted by molar-refractivity contribution is 0.239. The van der Waals surface area contributed by atoms with E-state index in [-0.39, 0.29) is 6.04 Å². The van der Waals surface area contributed by atoms with Crippen LogP contribution in [0.3, 0.4) is 0 Å². The van der Waals surface area contributed by atoms with Crippen molar-refractivity contribution in [2.45, 2.75) is 128 Å².